The Balaban J connectivity index is 0.000000383. The van der Waals surface area contributed by atoms with Crippen LogP contribution in [-0.2, 0) is 25.7 Å². The Bertz CT molecular complexity index is 879. The number of nitrogens with zero attached hydrogens (tertiary/aromatic N) is 2. The van der Waals surface area contributed by atoms with Crippen molar-refractivity contribution in [1.82, 2.24) is 15.2 Å². The van der Waals surface area contributed by atoms with Gasteiger partial charge < -0.3 is 25.0 Å². The van der Waals surface area contributed by atoms with Crippen LogP contribution in [0.25, 0.3) is 0 Å². The zero-order valence-electron chi connectivity index (χ0n) is 19.1. The number of aromatic nitrogens is 1. The second-order valence-corrected chi connectivity index (χ2v) is 7.70. The van der Waals surface area contributed by atoms with Gasteiger partial charge in [0.25, 0.3) is 0 Å². The van der Waals surface area contributed by atoms with Crippen molar-refractivity contribution in [2.24, 2.45) is 0 Å². The molecule has 0 radical (unpaired) electrons. The van der Waals surface area contributed by atoms with Gasteiger partial charge in [-0.15, -0.1) is 0 Å². The number of morpholine rings is 1. The van der Waals surface area contributed by atoms with Crippen molar-refractivity contribution < 1.29 is 60.4 Å². The van der Waals surface area contributed by atoms with E-state index in [1.807, 2.05) is 13.0 Å². The molecular weight excluding hydrogens is 508 g/mol. The number of alkyl halides is 6. The van der Waals surface area contributed by atoms with Gasteiger partial charge in [-0.1, -0.05) is 6.07 Å². The summed E-state index contributed by atoms with van der Waals surface area (Å²) in [6.07, 6.45) is -6.57. The molecule has 10 nitrogen and oxygen atoms in total. The third-order valence-corrected chi connectivity index (χ3v) is 5.28. The number of halogens is 6. The van der Waals surface area contributed by atoms with E-state index in [2.05, 4.69) is 21.3 Å². The van der Waals surface area contributed by atoms with Crippen LogP contribution in [0.5, 0.6) is 5.88 Å². The lowest BCUT2D eigenvalue weighted by atomic mass is 9.83. The van der Waals surface area contributed by atoms with Gasteiger partial charge in [0.15, 0.2) is 0 Å². The Kier molecular flexibility index (Phi) is 10.9. The molecule has 3 rings (SSSR count). The SMILES string of the molecule is COc1ncccc1CN1CCC2(CC1)OCC(=O)NC2C.O=C(O)C(F)(F)F.O=C(O)C(F)(F)F. The van der Waals surface area contributed by atoms with Gasteiger partial charge in [-0.25, -0.2) is 14.6 Å². The van der Waals surface area contributed by atoms with Gasteiger partial charge in [0.05, 0.1) is 18.8 Å². The summed E-state index contributed by atoms with van der Waals surface area (Å²) in [6, 6.07) is 4.06. The smallest absolute Gasteiger partial charge is 0.481 e. The third kappa shape index (κ3) is 9.49. The molecule has 1 spiro atoms. The van der Waals surface area contributed by atoms with Crippen LogP contribution in [0, 0.1) is 0 Å². The minimum atomic E-state index is -5.08. The average Bonchev–Trinajstić information content (AvgIpc) is 2.78. The Morgan fingerprint density at radius 1 is 1.17 bits per heavy atom. The molecule has 1 aromatic heterocycles. The highest BCUT2D eigenvalue weighted by Crippen LogP contribution is 2.33. The maximum Gasteiger partial charge on any atom is 0.490 e. The highest BCUT2D eigenvalue weighted by Gasteiger charge is 2.44. The molecule has 0 saturated carbocycles. The summed E-state index contributed by atoms with van der Waals surface area (Å²) in [4.78, 5) is 35.8. The second-order valence-electron chi connectivity index (χ2n) is 7.70. The van der Waals surface area contributed by atoms with E-state index in [1.165, 1.54) is 0 Å². The van der Waals surface area contributed by atoms with Gasteiger partial charge in [0.2, 0.25) is 11.8 Å². The number of methoxy groups -OCH3 is 1. The molecule has 3 heterocycles. The van der Waals surface area contributed by atoms with Gasteiger partial charge in [-0.3, -0.25) is 9.69 Å². The van der Waals surface area contributed by atoms with Crippen LogP contribution in [-0.4, -0.2) is 88.7 Å². The van der Waals surface area contributed by atoms with Crippen LogP contribution in [0.1, 0.15) is 25.3 Å². The van der Waals surface area contributed by atoms with Gasteiger partial charge in [-0.2, -0.15) is 26.3 Å². The van der Waals surface area contributed by atoms with Crippen molar-refractivity contribution in [3.8, 4) is 5.88 Å². The lowest BCUT2D eigenvalue weighted by Gasteiger charge is -2.47. The number of carboxylic acids is 2. The summed E-state index contributed by atoms with van der Waals surface area (Å²) in [5.74, 6) is -4.84. The largest absolute Gasteiger partial charge is 0.490 e. The van der Waals surface area contributed by atoms with Gasteiger partial charge >= 0.3 is 24.3 Å². The highest BCUT2D eigenvalue weighted by atomic mass is 19.4. The Morgan fingerprint density at radius 2 is 1.67 bits per heavy atom. The number of carbonyl (C=O) groups excluding carboxylic acids is 1. The normalized spacial score (nSPS) is 19.7. The summed E-state index contributed by atoms with van der Waals surface area (Å²) in [7, 11) is 1.65. The van der Waals surface area contributed by atoms with E-state index in [-0.39, 0.29) is 24.2 Å². The number of pyridine rings is 1. The van der Waals surface area contributed by atoms with Crippen LogP contribution in [0.2, 0.25) is 0 Å². The number of nitrogens with one attached hydrogen (secondary N) is 1. The lowest BCUT2D eigenvalue weighted by Crippen LogP contribution is -2.62. The van der Waals surface area contributed by atoms with Gasteiger partial charge in [0.1, 0.15) is 6.61 Å². The molecule has 0 aromatic carbocycles. The fourth-order valence-corrected chi connectivity index (χ4v) is 3.39. The molecule has 0 bridgehead atoms. The van der Waals surface area contributed by atoms with E-state index in [0.29, 0.717) is 5.88 Å². The fraction of sp³-hybridized carbons (Fsp3) is 0.600. The van der Waals surface area contributed by atoms with E-state index in [9.17, 15) is 31.1 Å². The molecule has 1 amide bonds. The summed E-state index contributed by atoms with van der Waals surface area (Å²) in [5.41, 5.74) is 0.899. The van der Waals surface area contributed by atoms with Crippen molar-refractivity contribution in [2.75, 3.05) is 26.8 Å². The highest BCUT2D eigenvalue weighted by molar-refractivity contribution is 5.78. The molecule has 36 heavy (non-hydrogen) atoms. The summed E-state index contributed by atoms with van der Waals surface area (Å²) < 4.78 is 74.7. The Hall–Kier alpha value is -3.14. The number of hydrogen-bond acceptors (Lipinski definition) is 7. The van der Waals surface area contributed by atoms with Crippen LogP contribution in [0.15, 0.2) is 18.3 Å². The van der Waals surface area contributed by atoms with Gasteiger partial charge in [0, 0.05) is 31.4 Å². The number of likely N-dealkylation sites (tertiary alicyclic amines) is 1. The molecule has 2 aliphatic heterocycles. The Labute approximate surface area is 201 Å². The second kappa shape index (κ2) is 12.7. The van der Waals surface area contributed by atoms with Crippen molar-refractivity contribution in [3.05, 3.63) is 23.9 Å². The molecule has 2 fully saturated rings. The predicted octanol–water partition coefficient (Wildman–Crippen LogP) is 2.23. The maximum absolute atomic E-state index is 11.4. The van der Waals surface area contributed by atoms with Crippen molar-refractivity contribution in [3.63, 3.8) is 0 Å². The predicted molar refractivity (Wildman–Crippen MR) is 109 cm³/mol. The average molecular weight is 533 g/mol. The first-order valence-electron chi connectivity index (χ1n) is 10.3. The minimum absolute atomic E-state index is 0.0133. The van der Waals surface area contributed by atoms with E-state index in [0.717, 1.165) is 38.0 Å². The van der Waals surface area contributed by atoms with E-state index < -0.39 is 24.3 Å². The molecule has 1 atom stereocenters. The van der Waals surface area contributed by atoms with Crippen molar-refractivity contribution in [1.29, 1.82) is 0 Å². The summed E-state index contributed by atoms with van der Waals surface area (Å²) in [6.45, 7) is 4.93. The topological polar surface area (TPSA) is 138 Å². The number of carbonyl (C=O) groups is 3. The van der Waals surface area contributed by atoms with E-state index >= 15 is 0 Å². The summed E-state index contributed by atoms with van der Waals surface area (Å²) in [5, 5.41) is 17.3. The molecule has 16 heteroatoms. The Morgan fingerprint density at radius 3 is 2.08 bits per heavy atom. The standard InChI is InChI=1S/C16H23N3O3.2C2HF3O2/c1-12-16(22-11-14(20)18-12)5-8-19(9-6-16)10-13-4-3-7-17-15(13)21-2;2*3-2(4,5)1(6)7/h3-4,7,12H,5-6,8-11H2,1-2H3,(H,18,20);2*(H,6,7). The third-order valence-electron chi connectivity index (χ3n) is 5.28. The van der Waals surface area contributed by atoms with Gasteiger partial charge in [-0.05, 0) is 25.8 Å². The molecule has 1 unspecified atom stereocenters. The molecule has 1 aromatic rings. The van der Waals surface area contributed by atoms with Crippen LogP contribution >= 0.6 is 0 Å². The van der Waals surface area contributed by atoms with E-state index in [4.69, 9.17) is 29.3 Å². The number of hydrogen-bond donors (Lipinski definition) is 3. The number of amides is 1. The van der Waals surface area contributed by atoms with Crippen LogP contribution < -0.4 is 10.1 Å². The minimum Gasteiger partial charge on any atom is -0.481 e. The first kappa shape index (κ1) is 30.9. The molecule has 2 saturated heterocycles. The molecule has 3 N–H and O–H groups in total. The lowest BCUT2D eigenvalue weighted by molar-refractivity contribution is -0.193. The zero-order valence-corrected chi connectivity index (χ0v) is 19.1. The first-order valence-corrected chi connectivity index (χ1v) is 10.3. The summed E-state index contributed by atoms with van der Waals surface area (Å²) >= 11 is 0. The number of aliphatic carboxylic acids is 2. The molecule has 204 valence electrons. The first-order chi connectivity index (χ1) is 16.5. The molecule has 0 aliphatic carbocycles. The van der Waals surface area contributed by atoms with Crippen molar-refractivity contribution >= 4 is 17.8 Å². The maximum atomic E-state index is 11.4. The number of carboxylic acid groups (broad SMARTS) is 2. The van der Waals surface area contributed by atoms with Crippen LogP contribution in [0.3, 0.4) is 0 Å². The number of rotatable bonds is 3. The van der Waals surface area contributed by atoms with Crippen molar-refractivity contribution in [2.45, 2.75) is 50.3 Å². The number of ether oxygens (including phenoxy) is 2. The quantitative estimate of drug-likeness (QED) is 0.500. The van der Waals surface area contributed by atoms with E-state index in [1.54, 1.807) is 13.3 Å². The molecular formula is C20H25F6N3O7. The monoisotopic (exact) mass is 533 g/mol. The van der Waals surface area contributed by atoms with Crippen LogP contribution in [0.4, 0.5) is 26.3 Å². The fourth-order valence-electron chi connectivity index (χ4n) is 3.39. The number of piperidine rings is 1. The molecule has 2 aliphatic rings. The zero-order chi connectivity index (χ0) is 27.7.